The summed E-state index contributed by atoms with van der Waals surface area (Å²) in [4.78, 5) is 0. The van der Waals surface area contributed by atoms with Gasteiger partial charge in [-0.3, -0.25) is 0 Å². The number of nitrogens with one attached hydrogen (secondary N) is 1. The first-order valence-electron chi connectivity index (χ1n) is 6.01. The maximum Gasteiger partial charge on any atom is 0.0718 e. The van der Waals surface area contributed by atoms with Crippen LogP contribution in [0.1, 0.15) is 23.6 Å². The standard InChI is InChI=1S/C13H19BrN2O/c1-9-2-3-10(14)6-12(9)13(15)7-11-8-16-4-5-17-11/h2-3,6,11,13,16H,4-5,7-8,15H2,1H3. The SMILES string of the molecule is Cc1ccc(Br)cc1C(N)CC1CNCCO1. The van der Waals surface area contributed by atoms with E-state index >= 15 is 0 Å². The van der Waals surface area contributed by atoms with E-state index in [9.17, 15) is 0 Å². The van der Waals surface area contributed by atoms with E-state index in [-0.39, 0.29) is 12.1 Å². The molecule has 2 rings (SSSR count). The number of hydrogen-bond donors (Lipinski definition) is 2. The van der Waals surface area contributed by atoms with Crippen LogP contribution < -0.4 is 11.1 Å². The van der Waals surface area contributed by atoms with Gasteiger partial charge in [-0.1, -0.05) is 22.0 Å². The summed E-state index contributed by atoms with van der Waals surface area (Å²) in [5, 5.41) is 3.33. The Kier molecular flexibility index (Phi) is 4.56. The summed E-state index contributed by atoms with van der Waals surface area (Å²) in [7, 11) is 0. The van der Waals surface area contributed by atoms with Crippen molar-refractivity contribution < 1.29 is 4.74 Å². The maximum absolute atomic E-state index is 6.27. The quantitative estimate of drug-likeness (QED) is 0.899. The molecule has 2 atom stereocenters. The lowest BCUT2D eigenvalue weighted by atomic mass is 9.97. The molecule has 0 aromatic heterocycles. The second-order valence-corrected chi connectivity index (χ2v) is 5.46. The zero-order valence-corrected chi connectivity index (χ0v) is 11.7. The van der Waals surface area contributed by atoms with Gasteiger partial charge < -0.3 is 15.8 Å². The number of aryl methyl sites for hydroxylation is 1. The van der Waals surface area contributed by atoms with Crippen LogP contribution >= 0.6 is 15.9 Å². The van der Waals surface area contributed by atoms with Gasteiger partial charge in [0.25, 0.3) is 0 Å². The molecule has 3 N–H and O–H groups in total. The Morgan fingerprint density at radius 3 is 3.12 bits per heavy atom. The van der Waals surface area contributed by atoms with Gasteiger partial charge in [-0.05, 0) is 36.6 Å². The molecule has 94 valence electrons. The van der Waals surface area contributed by atoms with Gasteiger partial charge in [-0.15, -0.1) is 0 Å². The largest absolute Gasteiger partial charge is 0.376 e. The van der Waals surface area contributed by atoms with E-state index in [0.717, 1.165) is 30.6 Å². The molecule has 1 aliphatic rings. The molecule has 0 saturated carbocycles. The van der Waals surface area contributed by atoms with Gasteiger partial charge in [0, 0.05) is 23.6 Å². The summed E-state index contributed by atoms with van der Waals surface area (Å²) in [6, 6.07) is 6.29. The highest BCUT2D eigenvalue weighted by Gasteiger charge is 2.19. The van der Waals surface area contributed by atoms with Crippen molar-refractivity contribution in [3.8, 4) is 0 Å². The third kappa shape index (κ3) is 3.52. The average Bonchev–Trinajstić information content (AvgIpc) is 2.33. The van der Waals surface area contributed by atoms with Crippen molar-refractivity contribution in [1.29, 1.82) is 0 Å². The summed E-state index contributed by atoms with van der Waals surface area (Å²) in [5.41, 5.74) is 8.71. The van der Waals surface area contributed by atoms with Crippen LogP contribution in [0, 0.1) is 6.92 Å². The number of halogens is 1. The molecule has 3 nitrogen and oxygen atoms in total. The Bertz CT molecular complexity index is 378. The highest BCUT2D eigenvalue weighted by Crippen LogP contribution is 2.24. The minimum atomic E-state index is 0.0393. The molecule has 0 spiro atoms. The first-order valence-corrected chi connectivity index (χ1v) is 6.80. The molecule has 0 bridgehead atoms. The lowest BCUT2D eigenvalue weighted by Gasteiger charge is -2.26. The predicted octanol–water partition coefficient (Wildman–Crippen LogP) is 2.14. The maximum atomic E-state index is 6.27. The number of benzene rings is 1. The highest BCUT2D eigenvalue weighted by molar-refractivity contribution is 9.10. The molecule has 1 aliphatic heterocycles. The molecule has 2 unspecified atom stereocenters. The molecular weight excluding hydrogens is 280 g/mol. The van der Waals surface area contributed by atoms with Gasteiger partial charge in [-0.25, -0.2) is 0 Å². The number of hydrogen-bond acceptors (Lipinski definition) is 3. The van der Waals surface area contributed by atoms with E-state index in [1.807, 2.05) is 6.07 Å². The topological polar surface area (TPSA) is 47.3 Å². The molecule has 4 heteroatoms. The Hall–Kier alpha value is -0.420. The normalized spacial score (nSPS) is 22.4. The fraction of sp³-hybridized carbons (Fsp3) is 0.538. The molecule has 1 heterocycles. The smallest absolute Gasteiger partial charge is 0.0718 e. The summed E-state index contributed by atoms with van der Waals surface area (Å²) >= 11 is 3.49. The molecule has 17 heavy (non-hydrogen) atoms. The van der Waals surface area contributed by atoms with Gasteiger partial charge in [0.1, 0.15) is 0 Å². The molecule has 1 aromatic rings. The van der Waals surface area contributed by atoms with Crippen LogP contribution in [-0.2, 0) is 4.74 Å². The van der Waals surface area contributed by atoms with Crippen LogP contribution in [0.4, 0.5) is 0 Å². The second kappa shape index (κ2) is 5.96. The zero-order chi connectivity index (χ0) is 12.3. The molecule has 1 fully saturated rings. The van der Waals surface area contributed by atoms with E-state index in [0.29, 0.717) is 0 Å². The third-order valence-corrected chi connectivity index (χ3v) is 3.66. The predicted molar refractivity (Wildman–Crippen MR) is 73.0 cm³/mol. The van der Waals surface area contributed by atoms with Crippen molar-refractivity contribution in [2.75, 3.05) is 19.7 Å². The number of nitrogens with two attached hydrogens (primary N) is 1. The van der Waals surface area contributed by atoms with E-state index in [2.05, 4.69) is 40.3 Å². The van der Waals surface area contributed by atoms with Crippen molar-refractivity contribution in [2.24, 2.45) is 5.73 Å². The van der Waals surface area contributed by atoms with Gasteiger partial charge in [0.15, 0.2) is 0 Å². The van der Waals surface area contributed by atoms with Crippen LogP contribution in [0.2, 0.25) is 0 Å². The van der Waals surface area contributed by atoms with Crippen molar-refractivity contribution >= 4 is 15.9 Å². The third-order valence-electron chi connectivity index (χ3n) is 3.16. The number of ether oxygens (including phenoxy) is 1. The molecule has 1 saturated heterocycles. The molecular formula is C13H19BrN2O. The van der Waals surface area contributed by atoms with Gasteiger partial charge in [-0.2, -0.15) is 0 Å². The van der Waals surface area contributed by atoms with Crippen LogP contribution in [0.3, 0.4) is 0 Å². The summed E-state index contributed by atoms with van der Waals surface area (Å²) < 4.78 is 6.77. The van der Waals surface area contributed by atoms with Gasteiger partial charge in [0.2, 0.25) is 0 Å². The van der Waals surface area contributed by atoms with Gasteiger partial charge >= 0.3 is 0 Å². The van der Waals surface area contributed by atoms with Crippen molar-refractivity contribution in [1.82, 2.24) is 5.32 Å². The number of rotatable bonds is 3. The fourth-order valence-corrected chi connectivity index (χ4v) is 2.57. The first kappa shape index (κ1) is 13.0. The van der Waals surface area contributed by atoms with E-state index in [4.69, 9.17) is 10.5 Å². The Morgan fingerprint density at radius 1 is 1.59 bits per heavy atom. The lowest BCUT2D eigenvalue weighted by molar-refractivity contribution is 0.0195. The molecule has 0 radical (unpaired) electrons. The minimum absolute atomic E-state index is 0.0393. The minimum Gasteiger partial charge on any atom is -0.376 e. The monoisotopic (exact) mass is 298 g/mol. The van der Waals surface area contributed by atoms with Crippen LogP contribution in [-0.4, -0.2) is 25.8 Å². The van der Waals surface area contributed by atoms with Crippen LogP contribution in [0.15, 0.2) is 22.7 Å². The molecule has 0 amide bonds. The number of morpholine rings is 1. The van der Waals surface area contributed by atoms with Crippen LogP contribution in [0.5, 0.6) is 0 Å². The zero-order valence-electron chi connectivity index (χ0n) is 10.1. The Balaban J connectivity index is 2.02. The van der Waals surface area contributed by atoms with Gasteiger partial charge in [0.05, 0.1) is 12.7 Å². The average molecular weight is 299 g/mol. The first-order chi connectivity index (χ1) is 8.16. The van der Waals surface area contributed by atoms with Crippen molar-refractivity contribution in [2.45, 2.75) is 25.5 Å². The summed E-state index contributed by atoms with van der Waals surface area (Å²) in [5.74, 6) is 0. The van der Waals surface area contributed by atoms with Crippen molar-refractivity contribution in [3.63, 3.8) is 0 Å². The Labute approximate surface area is 111 Å². The lowest BCUT2D eigenvalue weighted by Crippen LogP contribution is -2.40. The van der Waals surface area contributed by atoms with Crippen LogP contribution in [0.25, 0.3) is 0 Å². The molecule has 1 aromatic carbocycles. The summed E-state index contributed by atoms with van der Waals surface area (Å²) in [6.45, 7) is 4.73. The fourth-order valence-electron chi connectivity index (χ4n) is 2.19. The van der Waals surface area contributed by atoms with E-state index in [1.54, 1.807) is 0 Å². The van der Waals surface area contributed by atoms with E-state index in [1.165, 1.54) is 11.1 Å². The van der Waals surface area contributed by atoms with Crippen molar-refractivity contribution in [3.05, 3.63) is 33.8 Å². The molecule has 0 aliphatic carbocycles. The second-order valence-electron chi connectivity index (χ2n) is 4.54. The van der Waals surface area contributed by atoms with E-state index < -0.39 is 0 Å². The summed E-state index contributed by atoms with van der Waals surface area (Å²) in [6.07, 6.45) is 1.10. The highest BCUT2D eigenvalue weighted by atomic mass is 79.9. The Morgan fingerprint density at radius 2 is 2.41 bits per heavy atom.